The molecule has 2 nitrogen and oxygen atoms in total. The van der Waals surface area contributed by atoms with Gasteiger partial charge in [0.15, 0.2) is 0 Å². The fourth-order valence-electron chi connectivity index (χ4n) is 1.72. The Morgan fingerprint density at radius 2 is 1.77 bits per heavy atom. The number of carbonyl (C=O) groups is 1. The van der Waals surface area contributed by atoms with Gasteiger partial charge in [0.05, 0.1) is 0 Å². The molecule has 0 radical (unpaired) electrons. The van der Waals surface area contributed by atoms with E-state index in [4.69, 9.17) is 5.11 Å². The molecule has 0 heterocycles. The van der Waals surface area contributed by atoms with Crippen molar-refractivity contribution in [3.05, 3.63) is 35.4 Å². The Morgan fingerprint density at radius 3 is 2.15 bits per heavy atom. The van der Waals surface area contributed by atoms with Crippen molar-refractivity contribution in [1.29, 1.82) is 0 Å². The normalized spacial score (nSPS) is 18.2. The maximum atomic E-state index is 13.6. The average Bonchev–Trinajstić information content (AvgIpc) is 2.42. The van der Waals surface area contributed by atoms with Crippen LogP contribution in [0.15, 0.2) is 24.3 Å². The number of halogens is 1. The molecule has 0 fully saturated rings. The highest BCUT2D eigenvalue weighted by atomic mass is 19.1. The van der Waals surface area contributed by atoms with E-state index in [1.54, 1.807) is 24.3 Å². The number of hydrogen-bond donors (Lipinski definition) is 1. The molecule has 0 atom stereocenters. The summed E-state index contributed by atoms with van der Waals surface area (Å²) in [4.78, 5) is 10.6. The lowest BCUT2D eigenvalue weighted by molar-refractivity contribution is -0.150. The minimum absolute atomic E-state index is 0.00148. The Hall–Kier alpha value is -1.38. The van der Waals surface area contributed by atoms with Gasteiger partial charge in [-0.1, -0.05) is 24.3 Å². The summed E-state index contributed by atoms with van der Waals surface area (Å²) in [5.74, 6) is -1.36. The molecule has 0 spiro atoms. The van der Waals surface area contributed by atoms with Crippen LogP contribution in [-0.4, -0.2) is 16.7 Å². The molecule has 1 aromatic rings. The SMILES string of the molecule is O=C(O)C1(F)Cc2ccccc2C1. The summed E-state index contributed by atoms with van der Waals surface area (Å²) in [5.41, 5.74) is -0.455. The van der Waals surface area contributed by atoms with Gasteiger partial charge in [0.2, 0.25) is 5.67 Å². The molecule has 2 rings (SSSR count). The predicted molar refractivity (Wildman–Crippen MR) is 45.3 cm³/mol. The van der Waals surface area contributed by atoms with Crippen LogP contribution in [0.2, 0.25) is 0 Å². The van der Waals surface area contributed by atoms with Crippen molar-refractivity contribution in [1.82, 2.24) is 0 Å². The lowest BCUT2D eigenvalue weighted by Crippen LogP contribution is -2.34. The highest BCUT2D eigenvalue weighted by Crippen LogP contribution is 2.33. The molecular weight excluding hydrogens is 171 g/mol. The first-order chi connectivity index (χ1) is 6.12. The topological polar surface area (TPSA) is 37.3 Å². The molecule has 1 N–H and O–H groups in total. The predicted octanol–water partition coefficient (Wildman–Crippen LogP) is 1.58. The summed E-state index contributed by atoms with van der Waals surface area (Å²) >= 11 is 0. The van der Waals surface area contributed by atoms with Gasteiger partial charge < -0.3 is 5.11 Å². The third kappa shape index (κ3) is 1.20. The number of aliphatic carboxylic acids is 1. The minimum atomic E-state index is -2.08. The molecule has 0 unspecified atom stereocenters. The molecule has 0 saturated carbocycles. The van der Waals surface area contributed by atoms with Gasteiger partial charge in [-0.25, -0.2) is 9.18 Å². The van der Waals surface area contributed by atoms with Crippen LogP contribution in [0.5, 0.6) is 0 Å². The zero-order valence-corrected chi connectivity index (χ0v) is 6.96. The maximum Gasteiger partial charge on any atom is 0.342 e. The van der Waals surface area contributed by atoms with Crippen molar-refractivity contribution in [3.8, 4) is 0 Å². The van der Waals surface area contributed by atoms with Crippen LogP contribution < -0.4 is 0 Å². The number of fused-ring (bicyclic) bond motifs is 1. The lowest BCUT2D eigenvalue weighted by Gasteiger charge is -2.11. The van der Waals surface area contributed by atoms with Gasteiger partial charge in [0, 0.05) is 12.8 Å². The standard InChI is InChI=1S/C10H9FO2/c11-10(9(12)13)5-7-3-1-2-4-8(7)6-10/h1-4H,5-6H2,(H,12,13). The first kappa shape index (κ1) is 8.23. The van der Waals surface area contributed by atoms with E-state index in [2.05, 4.69) is 0 Å². The second kappa shape index (κ2) is 2.55. The zero-order chi connectivity index (χ0) is 9.47. The van der Waals surface area contributed by atoms with E-state index in [-0.39, 0.29) is 12.8 Å². The smallest absolute Gasteiger partial charge is 0.342 e. The maximum absolute atomic E-state index is 13.6. The molecule has 0 amide bonds. The molecule has 1 aromatic carbocycles. The quantitative estimate of drug-likeness (QED) is 0.712. The largest absolute Gasteiger partial charge is 0.479 e. The molecule has 0 aromatic heterocycles. The van der Waals surface area contributed by atoms with E-state index >= 15 is 0 Å². The highest BCUT2D eigenvalue weighted by Gasteiger charge is 2.44. The highest BCUT2D eigenvalue weighted by molar-refractivity contribution is 5.79. The monoisotopic (exact) mass is 180 g/mol. The molecule has 0 aliphatic heterocycles. The van der Waals surface area contributed by atoms with Crippen LogP contribution in [0.3, 0.4) is 0 Å². The summed E-state index contributed by atoms with van der Waals surface area (Å²) < 4.78 is 13.6. The van der Waals surface area contributed by atoms with Gasteiger partial charge in [-0.2, -0.15) is 0 Å². The Kier molecular flexibility index (Phi) is 1.62. The molecule has 13 heavy (non-hydrogen) atoms. The first-order valence-corrected chi connectivity index (χ1v) is 4.11. The third-order valence-corrected chi connectivity index (χ3v) is 2.44. The molecule has 0 saturated heterocycles. The van der Waals surface area contributed by atoms with Crippen molar-refractivity contribution in [3.63, 3.8) is 0 Å². The van der Waals surface area contributed by atoms with Crippen LogP contribution in [-0.2, 0) is 17.6 Å². The van der Waals surface area contributed by atoms with Gasteiger partial charge in [-0.05, 0) is 11.1 Å². The second-order valence-electron chi connectivity index (χ2n) is 3.39. The van der Waals surface area contributed by atoms with Crippen LogP contribution in [0, 0.1) is 0 Å². The summed E-state index contributed by atoms with van der Waals surface area (Å²) in [6.07, 6.45) is -0.00296. The van der Waals surface area contributed by atoms with E-state index in [0.29, 0.717) is 0 Å². The van der Waals surface area contributed by atoms with Gasteiger partial charge in [-0.15, -0.1) is 0 Å². The second-order valence-corrected chi connectivity index (χ2v) is 3.39. The lowest BCUT2D eigenvalue weighted by atomic mass is 10.0. The molecule has 0 bridgehead atoms. The van der Waals surface area contributed by atoms with Gasteiger partial charge in [0.1, 0.15) is 0 Å². The fourth-order valence-corrected chi connectivity index (χ4v) is 1.72. The van der Waals surface area contributed by atoms with Crippen LogP contribution in [0.25, 0.3) is 0 Å². The van der Waals surface area contributed by atoms with Crippen molar-refractivity contribution in [2.24, 2.45) is 0 Å². The summed E-state index contributed by atoms with van der Waals surface area (Å²) in [7, 11) is 0. The average molecular weight is 180 g/mol. The summed E-state index contributed by atoms with van der Waals surface area (Å²) in [5, 5.41) is 8.67. The third-order valence-electron chi connectivity index (χ3n) is 2.44. The number of benzene rings is 1. The Bertz CT molecular complexity index is 335. The van der Waals surface area contributed by atoms with E-state index in [0.717, 1.165) is 11.1 Å². The van der Waals surface area contributed by atoms with Crippen LogP contribution >= 0.6 is 0 Å². The van der Waals surface area contributed by atoms with Gasteiger partial charge >= 0.3 is 5.97 Å². The zero-order valence-electron chi connectivity index (χ0n) is 6.96. The minimum Gasteiger partial charge on any atom is -0.479 e. The molecule has 68 valence electrons. The van der Waals surface area contributed by atoms with Crippen molar-refractivity contribution >= 4 is 5.97 Å². The van der Waals surface area contributed by atoms with Gasteiger partial charge in [-0.3, -0.25) is 0 Å². The Balaban J connectivity index is 2.37. The molecule has 3 heteroatoms. The number of carboxylic acids is 1. The number of alkyl halides is 1. The number of rotatable bonds is 1. The van der Waals surface area contributed by atoms with E-state index < -0.39 is 11.6 Å². The number of hydrogen-bond acceptors (Lipinski definition) is 1. The molecular formula is C10H9FO2. The number of carboxylic acid groups (broad SMARTS) is 1. The fraction of sp³-hybridized carbons (Fsp3) is 0.300. The Morgan fingerprint density at radius 1 is 1.31 bits per heavy atom. The van der Waals surface area contributed by atoms with E-state index in [9.17, 15) is 9.18 Å². The van der Waals surface area contributed by atoms with E-state index in [1.165, 1.54) is 0 Å². The summed E-state index contributed by atoms with van der Waals surface area (Å²) in [6, 6.07) is 7.15. The van der Waals surface area contributed by atoms with Crippen molar-refractivity contribution < 1.29 is 14.3 Å². The van der Waals surface area contributed by atoms with Crippen molar-refractivity contribution in [2.75, 3.05) is 0 Å². The first-order valence-electron chi connectivity index (χ1n) is 4.11. The molecule has 1 aliphatic carbocycles. The Labute approximate surface area is 75.0 Å². The van der Waals surface area contributed by atoms with Crippen LogP contribution in [0.1, 0.15) is 11.1 Å². The van der Waals surface area contributed by atoms with Gasteiger partial charge in [0.25, 0.3) is 0 Å². The summed E-state index contributed by atoms with van der Waals surface area (Å²) in [6.45, 7) is 0. The molecule has 1 aliphatic rings. The van der Waals surface area contributed by atoms with E-state index in [1.807, 2.05) is 0 Å². The van der Waals surface area contributed by atoms with Crippen LogP contribution in [0.4, 0.5) is 4.39 Å². The van der Waals surface area contributed by atoms with Crippen molar-refractivity contribution in [2.45, 2.75) is 18.5 Å².